The molecule has 0 saturated carbocycles. The highest BCUT2D eigenvalue weighted by molar-refractivity contribution is 6.08. The number of amides is 2. The maximum atomic E-state index is 12.5. The van der Waals surface area contributed by atoms with E-state index in [1.807, 2.05) is 38.1 Å². The molecule has 1 heterocycles. The molecular formula is C18H24N2O4. The first kappa shape index (κ1) is 18.0. The van der Waals surface area contributed by atoms with E-state index in [1.165, 1.54) is 0 Å². The summed E-state index contributed by atoms with van der Waals surface area (Å²) < 4.78 is 10.8. The summed E-state index contributed by atoms with van der Waals surface area (Å²) in [5.41, 5.74) is 1.29. The lowest BCUT2D eigenvalue weighted by Crippen LogP contribution is -2.44. The van der Waals surface area contributed by atoms with Gasteiger partial charge in [-0.05, 0) is 38.0 Å². The molecule has 0 spiro atoms. The largest absolute Gasteiger partial charge is 0.494 e. The summed E-state index contributed by atoms with van der Waals surface area (Å²) >= 11 is 0. The molecule has 0 aromatic heterocycles. The van der Waals surface area contributed by atoms with E-state index in [2.05, 4.69) is 10.3 Å². The number of nitrogens with one attached hydrogen (secondary N) is 1. The molecular weight excluding hydrogens is 308 g/mol. The van der Waals surface area contributed by atoms with Crippen molar-refractivity contribution < 1.29 is 19.1 Å². The molecule has 2 rings (SSSR count). The number of nitrogens with zero attached hydrogens (tertiary/aromatic N) is 1. The number of rotatable bonds is 7. The molecule has 2 amide bonds. The fraction of sp³-hybridized carbons (Fsp3) is 0.500. The molecule has 1 aromatic rings. The zero-order valence-electron chi connectivity index (χ0n) is 14.4. The molecule has 1 aliphatic rings. The monoisotopic (exact) mass is 332 g/mol. The van der Waals surface area contributed by atoms with Crippen molar-refractivity contribution in [1.82, 2.24) is 5.32 Å². The van der Waals surface area contributed by atoms with E-state index in [0.717, 1.165) is 24.2 Å². The molecule has 1 aromatic carbocycles. The number of hydrogen-bond acceptors (Lipinski definition) is 4. The highest BCUT2D eigenvalue weighted by atomic mass is 16.5. The average molecular weight is 332 g/mol. The molecule has 6 heteroatoms. The van der Waals surface area contributed by atoms with Gasteiger partial charge in [-0.1, -0.05) is 25.5 Å². The van der Waals surface area contributed by atoms with Crippen LogP contribution in [0, 0.1) is 5.92 Å². The van der Waals surface area contributed by atoms with Crippen LogP contribution in [0.5, 0.6) is 5.75 Å². The molecule has 0 bridgehead atoms. The van der Waals surface area contributed by atoms with Crippen LogP contribution >= 0.6 is 0 Å². The molecule has 24 heavy (non-hydrogen) atoms. The van der Waals surface area contributed by atoms with Crippen LogP contribution in [0.25, 0.3) is 0 Å². The topological polar surface area (TPSA) is 77.0 Å². The Balaban J connectivity index is 2.22. The van der Waals surface area contributed by atoms with Crippen LogP contribution in [0.3, 0.4) is 0 Å². The van der Waals surface area contributed by atoms with E-state index in [9.17, 15) is 9.59 Å². The molecule has 6 nitrogen and oxygen atoms in total. The van der Waals surface area contributed by atoms with Crippen molar-refractivity contribution in [2.24, 2.45) is 10.9 Å². The van der Waals surface area contributed by atoms with Crippen molar-refractivity contribution in [3.05, 3.63) is 29.8 Å². The number of esters is 1. The minimum Gasteiger partial charge on any atom is -0.494 e. The second-order valence-electron chi connectivity index (χ2n) is 5.68. The molecule has 0 aliphatic carbocycles. The number of ether oxygens (including phenoxy) is 2. The van der Waals surface area contributed by atoms with Gasteiger partial charge in [0.2, 0.25) is 0 Å². The molecule has 2 atom stereocenters. The Morgan fingerprint density at radius 2 is 1.96 bits per heavy atom. The fourth-order valence-corrected chi connectivity index (χ4v) is 2.65. The number of aliphatic imine (C=N–C) groups is 1. The zero-order chi connectivity index (χ0) is 17.5. The smallest absolute Gasteiger partial charge is 0.341 e. The van der Waals surface area contributed by atoms with Gasteiger partial charge in [0.25, 0.3) is 0 Å². The normalized spacial score (nSPS) is 20.1. The third-order valence-electron chi connectivity index (χ3n) is 3.89. The van der Waals surface area contributed by atoms with Gasteiger partial charge >= 0.3 is 12.0 Å². The van der Waals surface area contributed by atoms with Crippen LogP contribution in [0.2, 0.25) is 0 Å². The quantitative estimate of drug-likeness (QED) is 0.614. The van der Waals surface area contributed by atoms with Gasteiger partial charge in [-0.3, -0.25) is 4.79 Å². The van der Waals surface area contributed by atoms with E-state index >= 15 is 0 Å². The zero-order valence-corrected chi connectivity index (χ0v) is 14.4. The van der Waals surface area contributed by atoms with Gasteiger partial charge in [0, 0.05) is 5.71 Å². The maximum absolute atomic E-state index is 12.5. The van der Waals surface area contributed by atoms with Crippen LogP contribution in [-0.2, 0) is 9.53 Å². The van der Waals surface area contributed by atoms with Gasteiger partial charge < -0.3 is 14.8 Å². The number of benzene rings is 1. The van der Waals surface area contributed by atoms with Crippen LogP contribution in [0.4, 0.5) is 4.79 Å². The lowest BCUT2D eigenvalue weighted by atomic mass is 9.88. The summed E-state index contributed by atoms with van der Waals surface area (Å²) in [6, 6.07) is 6.42. The summed E-state index contributed by atoms with van der Waals surface area (Å²) in [7, 11) is 0. The Kier molecular flexibility index (Phi) is 6.35. The summed E-state index contributed by atoms with van der Waals surface area (Å²) in [5, 5.41) is 2.77. The summed E-state index contributed by atoms with van der Waals surface area (Å²) in [5.74, 6) is -0.225. The van der Waals surface area contributed by atoms with Crippen molar-refractivity contribution in [3.8, 4) is 5.75 Å². The van der Waals surface area contributed by atoms with Crippen molar-refractivity contribution in [2.75, 3.05) is 13.2 Å². The number of carbonyl (C=O) groups is 2. The molecule has 1 N–H and O–H groups in total. The van der Waals surface area contributed by atoms with Crippen molar-refractivity contribution in [2.45, 2.75) is 39.7 Å². The number of unbranched alkanes of at least 4 members (excludes halogenated alkanes) is 1. The number of urea groups is 1. The summed E-state index contributed by atoms with van der Waals surface area (Å²) in [6.45, 7) is 6.59. The van der Waals surface area contributed by atoms with Gasteiger partial charge in [0.05, 0.1) is 19.3 Å². The Hall–Kier alpha value is -2.37. The van der Waals surface area contributed by atoms with Crippen LogP contribution in [0.15, 0.2) is 29.3 Å². The molecule has 0 radical (unpaired) electrons. The Morgan fingerprint density at radius 3 is 2.58 bits per heavy atom. The third kappa shape index (κ3) is 4.34. The molecule has 0 saturated heterocycles. The van der Waals surface area contributed by atoms with Crippen molar-refractivity contribution in [3.63, 3.8) is 0 Å². The molecule has 0 fully saturated rings. The van der Waals surface area contributed by atoms with Gasteiger partial charge in [-0.25, -0.2) is 9.79 Å². The minimum absolute atomic E-state index is 0.358. The minimum atomic E-state index is -0.613. The van der Waals surface area contributed by atoms with Crippen molar-refractivity contribution in [1.29, 1.82) is 0 Å². The van der Waals surface area contributed by atoms with Gasteiger partial charge in [0.1, 0.15) is 11.7 Å². The highest BCUT2D eigenvalue weighted by Crippen LogP contribution is 2.29. The number of hydrogen-bond donors (Lipinski definition) is 1. The van der Waals surface area contributed by atoms with Crippen molar-refractivity contribution >= 4 is 17.7 Å². The summed E-state index contributed by atoms with van der Waals surface area (Å²) in [6.07, 6.45) is 1.76. The molecule has 2 unspecified atom stereocenters. The standard InChI is InChI=1S/C18H24N2O4/c1-4-6-11-24-17(21)15-12(3)19-18(22)20-16(15)13-7-9-14(10-8-13)23-5-2/h7-10,15-16H,4-6,11H2,1-3H3,(H,20,22). The fourth-order valence-electron chi connectivity index (χ4n) is 2.65. The number of carbonyl (C=O) groups excluding carboxylic acids is 2. The van der Waals surface area contributed by atoms with Gasteiger partial charge in [-0.15, -0.1) is 0 Å². The lowest BCUT2D eigenvalue weighted by Gasteiger charge is -2.29. The van der Waals surface area contributed by atoms with Gasteiger partial charge in [-0.2, -0.15) is 0 Å². The predicted molar refractivity (Wildman–Crippen MR) is 91.3 cm³/mol. The molecule has 130 valence electrons. The van der Waals surface area contributed by atoms with E-state index in [1.54, 1.807) is 6.92 Å². The van der Waals surface area contributed by atoms with Crippen LogP contribution < -0.4 is 10.1 Å². The Labute approximate surface area is 142 Å². The van der Waals surface area contributed by atoms with E-state index in [-0.39, 0.29) is 5.97 Å². The first-order valence-electron chi connectivity index (χ1n) is 8.31. The Morgan fingerprint density at radius 1 is 1.25 bits per heavy atom. The first-order valence-corrected chi connectivity index (χ1v) is 8.31. The van der Waals surface area contributed by atoms with Crippen LogP contribution in [-0.4, -0.2) is 30.9 Å². The van der Waals surface area contributed by atoms with E-state index in [0.29, 0.717) is 18.9 Å². The third-order valence-corrected chi connectivity index (χ3v) is 3.89. The van der Waals surface area contributed by atoms with E-state index in [4.69, 9.17) is 9.47 Å². The van der Waals surface area contributed by atoms with E-state index < -0.39 is 18.0 Å². The summed E-state index contributed by atoms with van der Waals surface area (Å²) in [4.78, 5) is 28.1. The SMILES string of the molecule is CCCCOC(=O)C1C(C)=NC(=O)NC1c1ccc(OCC)cc1. The predicted octanol–water partition coefficient (Wildman–Crippen LogP) is 3.27. The maximum Gasteiger partial charge on any atom is 0.341 e. The lowest BCUT2D eigenvalue weighted by molar-refractivity contribution is -0.147. The molecule has 1 aliphatic heterocycles. The van der Waals surface area contributed by atoms with Crippen LogP contribution in [0.1, 0.15) is 45.2 Å². The first-order chi connectivity index (χ1) is 11.6. The average Bonchev–Trinajstić information content (AvgIpc) is 2.55. The Bertz CT molecular complexity index is 610. The van der Waals surface area contributed by atoms with Gasteiger partial charge in [0.15, 0.2) is 0 Å². The second kappa shape index (κ2) is 8.47. The highest BCUT2D eigenvalue weighted by Gasteiger charge is 2.37. The second-order valence-corrected chi connectivity index (χ2v) is 5.68.